The molecule has 2 saturated heterocycles. The quantitative estimate of drug-likeness (QED) is 0.478. The van der Waals surface area contributed by atoms with Crippen molar-refractivity contribution in [1.29, 1.82) is 0 Å². The summed E-state index contributed by atoms with van der Waals surface area (Å²) in [5.41, 5.74) is 1.75. The first kappa shape index (κ1) is 21.0. The van der Waals surface area contributed by atoms with E-state index in [4.69, 9.17) is 14.2 Å². The van der Waals surface area contributed by atoms with E-state index in [1.807, 2.05) is 60.7 Å². The minimum atomic E-state index is -0.671. The molecule has 6 rings (SSSR count). The molecule has 32 heavy (non-hydrogen) atoms. The summed E-state index contributed by atoms with van der Waals surface area (Å²) in [6.07, 6.45) is 0.697. The van der Waals surface area contributed by atoms with Crippen LogP contribution in [0, 0.1) is 23.2 Å². The van der Waals surface area contributed by atoms with E-state index in [2.05, 4.69) is 13.5 Å². The maximum atomic E-state index is 13.4. The number of ether oxygens (including phenoxy) is 3. The molecule has 4 fully saturated rings. The fraction of sp³-hybridized carbons (Fsp3) is 0.407. The SMILES string of the molecule is C=C1C[C@@]2(CC(=O)OCc3ccccc3)COC13C(C2C(=O)OCc1ccccc1)[C@@H]3C. The molecule has 5 atom stereocenters. The highest BCUT2D eigenvalue weighted by atomic mass is 16.5. The summed E-state index contributed by atoms with van der Waals surface area (Å²) in [4.78, 5) is 26.2. The Balaban J connectivity index is 1.33. The first-order valence-electron chi connectivity index (χ1n) is 11.2. The van der Waals surface area contributed by atoms with Crippen molar-refractivity contribution < 1.29 is 23.8 Å². The Hall–Kier alpha value is -2.92. The number of rotatable bonds is 7. The van der Waals surface area contributed by atoms with Gasteiger partial charge < -0.3 is 14.2 Å². The van der Waals surface area contributed by atoms with E-state index in [0.29, 0.717) is 13.0 Å². The molecule has 2 aliphatic heterocycles. The minimum Gasteiger partial charge on any atom is -0.461 e. The van der Waals surface area contributed by atoms with Gasteiger partial charge in [0.05, 0.1) is 24.5 Å². The summed E-state index contributed by atoms with van der Waals surface area (Å²) in [7, 11) is 0. The molecule has 0 radical (unpaired) electrons. The largest absolute Gasteiger partial charge is 0.461 e. The Labute approximate surface area is 188 Å². The average Bonchev–Trinajstić information content (AvgIpc) is 3.42. The minimum absolute atomic E-state index is 0.00250. The predicted octanol–water partition coefficient (Wildman–Crippen LogP) is 4.46. The zero-order chi connectivity index (χ0) is 22.3. The molecule has 0 aromatic heterocycles. The molecule has 2 aromatic rings. The first-order chi connectivity index (χ1) is 15.5. The van der Waals surface area contributed by atoms with Crippen LogP contribution in [0.1, 0.15) is 30.9 Å². The van der Waals surface area contributed by atoms with E-state index in [1.165, 1.54) is 0 Å². The first-order valence-corrected chi connectivity index (χ1v) is 11.2. The van der Waals surface area contributed by atoms with Gasteiger partial charge in [0.25, 0.3) is 0 Å². The van der Waals surface area contributed by atoms with Crippen molar-refractivity contribution in [2.24, 2.45) is 23.2 Å². The van der Waals surface area contributed by atoms with E-state index in [0.717, 1.165) is 16.7 Å². The predicted molar refractivity (Wildman–Crippen MR) is 118 cm³/mol. The summed E-state index contributed by atoms with van der Waals surface area (Å²) in [5.74, 6) is -0.783. The maximum Gasteiger partial charge on any atom is 0.310 e. The van der Waals surface area contributed by atoms with E-state index in [9.17, 15) is 9.59 Å². The Morgan fingerprint density at radius 1 is 1.00 bits per heavy atom. The third-order valence-corrected chi connectivity index (χ3v) is 7.55. The second kappa shape index (κ2) is 7.89. The van der Waals surface area contributed by atoms with Crippen molar-refractivity contribution in [1.82, 2.24) is 0 Å². The van der Waals surface area contributed by atoms with Crippen molar-refractivity contribution in [3.63, 3.8) is 0 Å². The van der Waals surface area contributed by atoms with Crippen molar-refractivity contribution in [2.75, 3.05) is 6.61 Å². The lowest BCUT2D eigenvalue weighted by Gasteiger charge is -2.50. The number of hydrogen-bond acceptors (Lipinski definition) is 5. The highest BCUT2D eigenvalue weighted by Crippen LogP contribution is 2.74. The number of hydrogen-bond donors (Lipinski definition) is 0. The van der Waals surface area contributed by atoms with Crippen LogP contribution in [-0.4, -0.2) is 24.1 Å². The smallest absolute Gasteiger partial charge is 0.310 e. The second-order valence-corrected chi connectivity index (χ2v) is 9.43. The Kier molecular flexibility index (Phi) is 5.17. The molecule has 5 nitrogen and oxygen atoms in total. The summed E-state index contributed by atoms with van der Waals surface area (Å²) < 4.78 is 17.6. The average molecular weight is 433 g/mol. The molecule has 5 heteroatoms. The molecule has 0 N–H and O–H groups in total. The number of fused-ring (bicyclic) bond motifs is 2. The van der Waals surface area contributed by atoms with Crippen LogP contribution in [0.15, 0.2) is 72.8 Å². The van der Waals surface area contributed by atoms with Crippen LogP contribution >= 0.6 is 0 Å². The van der Waals surface area contributed by atoms with Gasteiger partial charge in [-0.2, -0.15) is 0 Å². The van der Waals surface area contributed by atoms with Crippen molar-refractivity contribution in [3.05, 3.63) is 83.9 Å². The van der Waals surface area contributed by atoms with Gasteiger partial charge in [-0.15, -0.1) is 0 Å². The Morgan fingerprint density at radius 2 is 1.59 bits per heavy atom. The summed E-state index contributed by atoms with van der Waals surface area (Å²) >= 11 is 0. The van der Waals surface area contributed by atoms with Crippen LogP contribution < -0.4 is 0 Å². The molecule has 2 heterocycles. The zero-order valence-corrected chi connectivity index (χ0v) is 18.3. The van der Waals surface area contributed by atoms with Crippen LogP contribution in [-0.2, 0) is 37.0 Å². The molecular weight excluding hydrogens is 404 g/mol. The fourth-order valence-corrected chi connectivity index (χ4v) is 5.96. The molecule has 1 spiro atoms. The summed E-state index contributed by atoms with van der Waals surface area (Å²) in [5, 5.41) is 0. The van der Waals surface area contributed by atoms with Gasteiger partial charge in [0.1, 0.15) is 13.2 Å². The van der Waals surface area contributed by atoms with Gasteiger partial charge >= 0.3 is 11.9 Å². The van der Waals surface area contributed by atoms with Crippen molar-refractivity contribution >= 4 is 11.9 Å². The molecule has 166 valence electrons. The molecule has 2 saturated carbocycles. The van der Waals surface area contributed by atoms with Crippen molar-refractivity contribution in [2.45, 2.75) is 38.6 Å². The van der Waals surface area contributed by atoms with Gasteiger partial charge in [-0.25, -0.2) is 0 Å². The molecule has 0 amide bonds. The third kappa shape index (κ3) is 3.36. The number of carbonyl (C=O) groups excluding carboxylic acids is 2. The summed E-state index contributed by atoms with van der Waals surface area (Å²) in [6.45, 7) is 7.15. The van der Waals surface area contributed by atoms with Crippen LogP contribution in [0.2, 0.25) is 0 Å². The topological polar surface area (TPSA) is 61.8 Å². The molecule has 2 bridgehead atoms. The number of esters is 2. The highest BCUT2D eigenvalue weighted by Gasteiger charge is 2.79. The van der Waals surface area contributed by atoms with Crippen LogP contribution in [0.4, 0.5) is 0 Å². The van der Waals surface area contributed by atoms with Gasteiger partial charge in [-0.05, 0) is 29.0 Å². The lowest BCUT2D eigenvalue weighted by molar-refractivity contribution is -0.183. The van der Waals surface area contributed by atoms with Crippen molar-refractivity contribution in [3.8, 4) is 0 Å². The van der Waals surface area contributed by atoms with E-state index < -0.39 is 16.9 Å². The van der Waals surface area contributed by atoms with Crippen LogP contribution in [0.3, 0.4) is 0 Å². The summed E-state index contributed by atoms with van der Waals surface area (Å²) in [6, 6.07) is 19.2. The van der Waals surface area contributed by atoms with E-state index in [-0.39, 0.29) is 43.4 Å². The van der Waals surface area contributed by atoms with Crippen LogP contribution in [0.25, 0.3) is 0 Å². The van der Waals surface area contributed by atoms with Gasteiger partial charge in [-0.1, -0.05) is 74.2 Å². The van der Waals surface area contributed by atoms with Gasteiger partial charge in [0.2, 0.25) is 0 Å². The maximum absolute atomic E-state index is 13.4. The fourth-order valence-electron chi connectivity index (χ4n) is 5.96. The van der Waals surface area contributed by atoms with Crippen LogP contribution in [0.5, 0.6) is 0 Å². The lowest BCUT2D eigenvalue weighted by Crippen LogP contribution is -2.55. The third-order valence-electron chi connectivity index (χ3n) is 7.55. The number of benzene rings is 2. The standard InChI is InChI=1S/C27H28O5/c1-18-13-26(14-22(28)30-15-20-9-5-3-6-10-20)17-32-27(18)19(2)23(27)24(26)25(29)31-16-21-11-7-4-8-12-21/h3-12,19,23-24H,1,13-17H2,2H3/t19-,23?,24?,26+,27?/m0/s1. The van der Waals surface area contributed by atoms with Gasteiger partial charge in [0.15, 0.2) is 0 Å². The lowest BCUT2D eigenvalue weighted by atomic mass is 9.60. The highest BCUT2D eigenvalue weighted by molar-refractivity contribution is 5.79. The monoisotopic (exact) mass is 432 g/mol. The number of carbonyl (C=O) groups is 2. The zero-order valence-electron chi connectivity index (χ0n) is 18.3. The van der Waals surface area contributed by atoms with Gasteiger partial charge in [-0.3, -0.25) is 9.59 Å². The van der Waals surface area contributed by atoms with E-state index in [1.54, 1.807) is 0 Å². The Bertz CT molecular complexity index is 1030. The molecule has 3 unspecified atom stereocenters. The van der Waals surface area contributed by atoms with E-state index >= 15 is 0 Å². The molecule has 2 aromatic carbocycles. The molecular formula is C27H28O5. The molecule has 4 aliphatic rings. The van der Waals surface area contributed by atoms with Gasteiger partial charge in [0, 0.05) is 11.3 Å². The second-order valence-electron chi connectivity index (χ2n) is 9.43. The normalized spacial score (nSPS) is 32.2. The molecule has 2 aliphatic carbocycles. The Morgan fingerprint density at radius 3 is 2.19 bits per heavy atom.